The van der Waals surface area contributed by atoms with Crippen LogP contribution in [0.25, 0.3) is 6.08 Å². The molecule has 0 radical (unpaired) electrons. The lowest BCUT2D eigenvalue weighted by atomic mass is 9.94. The third-order valence-corrected chi connectivity index (χ3v) is 7.61. The first-order valence-electron chi connectivity index (χ1n) is 13.7. The first-order valence-corrected chi connectivity index (χ1v) is 14.1. The summed E-state index contributed by atoms with van der Waals surface area (Å²) >= 11 is 6.43. The van der Waals surface area contributed by atoms with Gasteiger partial charge in [-0.05, 0) is 54.7 Å². The van der Waals surface area contributed by atoms with Crippen LogP contribution in [0, 0.1) is 0 Å². The summed E-state index contributed by atoms with van der Waals surface area (Å²) in [4.78, 5) is 30.6. The Kier molecular flexibility index (Phi) is 10.2. The summed E-state index contributed by atoms with van der Waals surface area (Å²) in [5.41, 5.74) is 3.08. The van der Waals surface area contributed by atoms with Gasteiger partial charge in [0.15, 0.2) is 0 Å². The fourth-order valence-corrected chi connectivity index (χ4v) is 5.37. The molecule has 38 heavy (non-hydrogen) atoms. The van der Waals surface area contributed by atoms with E-state index in [1.54, 1.807) is 11.0 Å². The van der Waals surface area contributed by atoms with Gasteiger partial charge >= 0.3 is 0 Å². The van der Waals surface area contributed by atoms with Gasteiger partial charge in [0, 0.05) is 42.1 Å². The highest BCUT2D eigenvalue weighted by Gasteiger charge is 2.28. The zero-order valence-corrected chi connectivity index (χ0v) is 23.0. The average molecular weight is 532 g/mol. The summed E-state index contributed by atoms with van der Waals surface area (Å²) in [6.45, 7) is 3.85. The van der Waals surface area contributed by atoms with E-state index in [1.807, 2.05) is 84.8 Å². The summed E-state index contributed by atoms with van der Waals surface area (Å²) < 4.78 is 2.17. The Hall–Kier alpha value is -3.31. The number of halogens is 1. The highest BCUT2D eigenvalue weighted by Crippen LogP contribution is 2.25. The van der Waals surface area contributed by atoms with Crippen LogP contribution >= 0.6 is 11.6 Å². The number of rotatable bonds is 11. The Morgan fingerprint density at radius 1 is 0.974 bits per heavy atom. The van der Waals surface area contributed by atoms with Crippen LogP contribution in [0.15, 0.2) is 79.0 Å². The molecule has 0 saturated heterocycles. The largest absolute Gasteiger partial charge is 0.345 e. The van der Waals surface area contributed by atoms with E-state index in [-0.39, 0.29) is 24.4 Å². The van der Waals surface area contributed by atoms with Gasteiger partial charge in [-0.1, -0.05) is 86.3 Å². The van der Waals surface area contributed by atoms with Gasteiger partial charge < -0.3 is 14.4 Å². The quantitative estimate of drug-likeness (QED) is 0.255. The third kappa shape index (κ3) is 7.61. The Morgan fingerprint density at radius 2 is 1.71 bits per heavy atom. The molecule has 6 heteroatoms. The number of nitrogens with zero attached hydrogens (tertiary/aromatic N) is 3. The van der Waals surface area contributed by atoms with E-state index in [4.69, 9.17) is 11.6 Å². The minimum absolute atomic E-state index is 0.0114. The second kappa shape index (κ2) is 14.0. The Morgan fingerprint density at radius 3 is 2.45 bits per heavy atom. The van der Waals surface area contributed by atoms with Crippen LogP contribution in [0.4, 0.5) is 0 Å². The maximum Gasteiger partial charge on any atom is 0.247 e. The summed E-state index contributed by atoms with van der Waals surface area (Å²) in [5, 5.41) is 0.740. The van der Waals surface area contributed by atoms with E-state index >= 15 is 0 Å². The number of amides is 2. The zero-order chi connectivity index (χ0) is 26.7. The number of aromatic nitrogens is 1. The standard InChI is InChI=1S/C32H38ClN3O2/c1-2-21-35(31(37)20-19-26-12-5-3-6-13-26)25-32(38)36(28-15-7-4-8-16-28)24-29-17-11-22-34(29)23-27-14-9-10-18-30(27)33/h3,5-6,9-14,17-20,22,28H,2,4,7-8,15-16,21,23-25H2,1H3. The predicted octanol–water partition coefficient (Wildman–Crippen LogP) is 6.80. The van der Waals surface area contributed by atoms with Gasteiger partial charge in [-0.2, -0.15) is 0 Å². The molecule has 1 heterocycles. The molecule has 0 aliphatic heterocycles. The van der Waals surface area contributed by atoms with Gasteiger partial charge in [0.1, 0.15) is 6.54 Å². The van der Waals surface area contributed by atoms with E-state index < -0.39 is 0 Å². The fraction of sp³-hybridized carbons (Fsp3) is 0.375. The molecule has 0 unspecified atom stereocenters. The SMILES string of the molecule is CCCN(CC(=O)N(Cc1cccn1Cc1ccccc1Cl)C1CCCCC1)C(=O)C=Cc1ccccc1. The van der Waals surface area contributed by atoms with E-state index in [0.717, 1.165) is 53.9 Å². The zero-order valence-electron chi connectivity index (χ0n) is 22.3. The van der Waals surface area contributed by atoms with Crippen LogP contribution in [-0.4, -0.2) is 45.3 Å². The molecule has 0 spiro atoms. The van der Waals surface area contributed by atoms with Crippen LogP contribution in [0.5, 0.6) is 0 Å². The van der Waals surface area contributed by atoms with E-state index in [0.29, 0.717) is 19.6 Å². The Bertz CT molecular complexity index is 1210. The maximum absolute atomic E-state index is 13.8. The van der Waals surface area contributed by atoms with Gasteiger partial charge in [0.05, 0.1) is 6.54 Å². The minimum Gasteiger partial charge on any atom is -0.345 e. The van der Waals surface area contributed by atoms with Crippen molar-refractivity contribution >= 4 is 29.5 Å². The van der Waals surface area contributed by atoms with Crippen LogP contribution in [0.1, 0.15) is 62.3 Å². The first kappa shape index (κ1) is 27.7. The molecule has 1 aliphatic carbocycles. The average Bonchev–Trinajstić information content (AvgIpc) is 3.38. The molecule has 1 fully saturated rings. The third-order valence-electron chi connectivity index (χ3n) is 7.24. The molecule has 3 aromatic rings. The number of carbonyl (C=O) groups is 2. The number of hydrogen-bond acceptors (Lipinski definition) is 2. The maximum atomic E-state index is 13.8. The van der Waals surface area contributed by atoms with Gasteiger partial charge in [-0.15, -0.1) is 0 Å². The monoisotopic (exact) mass is 531 g/mol. The molecule has 2 aromatic carbocycles. The lowest BCUT2D eigenvalue weighted by Crippen LogP contribution is -2.47. The highest BCUT2D eigenvalue weighted by atomic mass is 35.5. The van der Waals surface area contributed by atoms with Gasteiger partial charge in [-0.3, -0.25) is 9.59 Å². The van der Waals surface area contributed by atoms with Crippen LogP contribution in [-0.2, 0) is 22.7 Å². The molecule has 1 aliphatic rings. The molecule has 2 amide bonds. The van der Waals surface area contributed by atoms with Crippen molar-refractivity contribution in [3.8, 4) is 0 Å². The van der Waals surface area contributed by atoms with Crippen molar-refractivity contribution in [2.24, 2.45) is 0 Å². The predicted molar refractivity (Wildman–Crippen MR) is 155 cm³/mol. The Balaban J connectivity index is 1.51. The minimum atomic E-state index is -0.130. The normalized spacial score (nSPS) is 14.1. The van der Waals surface area contributed by atoms with Crippen molar-refractivity contribution in [2.45, 2.75) is 64.6 Å². The van der Waals surface area contributed by atoms with Crippen molar-refractivity contribution in [3.63, 3.8) is 0 Å². The number of hydrogen-bond donors (Lipinski definition) is 0. The van der Waals surface area contributed by atoms with Gasteiger partial charge in [0.25, 0.3) is 0 Å². The van der Waals surface area contributed by atoms with Gasteiger partial charge in [-0.25, -0.2) is 0 Å². The molecule has 0 atom stereocenters. The molecule has 1 aromatic heterocycles. The van der Waals surface area contributed by atoms with E-state index in [9.17, 15) is 9.59 Å². The highest BCUT2D eigenvalue weighted by molar-refractivity contribution is 6.31. The van der Waals surface area contributed by atoms with Crippen LogP contribution < -0.4 is 0 Å². The molecule has 200 valence electrons. The molecular formula is C32H38ClN3O2. The van der Waals surface area contributed by atoms with Crippen LogP contribution in [0.3, 0.4) is 0 Å². The lowest BCUT2D eigenvalue weighted by Gasteiger charge is -2.36. The summed E-state index contributed by atoms with van der Waals surface area (Å²) in [5.74, 6) is -0.118. The molecule has 1 saturated carbocycles. The van der Waals surface area contributed by atoms with Crippen LogP contribution in [0.2, 0.25) is 5.02 Å². The van der Waals surface area contributed by atoms with Gasteiger partial charge in [0.2, 0.25) is 11.8 Å². The molecule has 4 rings (SSSR count). The summed E-state index contributed by atoms with van der Waals surface area (Å²) in [7, 11) is 0. The summed E-state index contributed by atoms with van der Waals surface area (Å²) in [6, 6.07) is 21.9. The topological polar surface area (TPSA) is 45.6 Å². The summed E-state index contributed by atoms with van der Waals surface area (Å²) in [6.07, 6.45) is 11.7. The van der Waals surface area contributed by atoms with Crippen molar-refractivity contribution in [2.75, 3.05) is 13.1 Å². The fourth-order valence-electron chi connectivity index (χ4n) is 5.17. The Labute approximate surface area is 231 Å². The number of benzene rings is 2. The second-order valence-corrected chi connectivity index (χ2v) is 10.4. The van der Waals surface area contributed by atoms with E-state index in [1.165, 1.54) is 6.42 Å². The molecule has 0 N–H and O–H groups in total. The van der Waals surface area contributed by atoms with E-state index in [2.05, 4.69) is 10.6 Å². The molecular weight excluding hydrogens is 494 g/mol. The lowest BCUT2D eigenvalue weighted by molar-refractivity contribution is -0.141. The van der Waals surface area contributed by atoms with Crippen molar-refractivity contribution in [3.05, 3.63) is 101 Å². The first-order chi connectivity index (χ1) is 18.5. The molecule has 5 nitrogen and oxygen atoms in total. The molecule has 0 bridgehead atoms. The van der Waals surface area contributed by atoms with Crippen molar-refractivity contribution in [1.29, 1.82) is 0 Å². The number of carbonyl (C=O) groups excluding carboxylic acids is 2. The van der Waals surface area contributed by atoms with Crippen molar-refractivity contribution < 1.29 is 9.59 Å². The van der Waals surface area contributed by atoms with Crippen molar-refractivity contribution in [1.82, 2.24) is 14.4 Å². The smallest absolute Gasteiger partial charge is 0.247 e. The second-order valence-electron chi connectivity index (χ2n) is 10.0.